The van der Waals surface area contributed by atoms with E-state index in [-0.39, 0.29) is 5.41 Å². The Morgan fingerprint density at radius 3 is 2.54 bits per heavy atom. The number of aromatic nitrogens is 2. The minimum Gasteiger partial charge on any atom is -0.459 e. The molecule has 26 heavy (non-hydrogen) atoms. The molecule has 0 aliphatic carbocycles. The van der Waals surface area contributed by atoms with Crippen molar-refractivity contribution in [2.24, 2.45) is 10.4 Å². The molecular weight excluding hydrogens is 322 g/mol. The molecule has 2 aromatic heterocycles. The van der Waals surface area contributed by atoms with Gasteiger partial charge in [-0.2, -0.15) is 0 Å². The number of rotatable bonds is 3. The van der Waals surface area contributed by atoms with Gasteiger partial charge in [-0.15, -0.1) is 0 Å². The average Bonchev–Trinajstić information content (AvgIpc) is 2.65. The Hall–Kier alpha value is -3.01. The lowest BCUT2D eigenvalue weighted by Gasteiger charge is -2.31. The average molecular weight is 343 g/mol. The summed E-state index contributed by atoms with van der Waals surface area (Å²) in [5.41, 5.74) is 3.58. The van der Waals surface area contributed by atoms with Crippen LogP contribution in [0.3, 0.4) is 0 Å². The van der Waals surface area contributed by atoms with Gasteiger partial charge in [-0.3, -0.25) is 15.0 Å². The number of para-hydroxylation sites is 1. The molecule has 3 aromatic rings. The van der Waals surface area contributed by atoms with Gasteiger partial charge in [-0.25, -0.2) is 0 Å². The third-order valence-corrected chi connectivity index (χ3v) is 4.88. The first-order valence-corrected chi connectivity index (χ1v) is 8.76. The highest BCUT2D eigenvalue weighted by Gasteiger charge is 2.31. The number of hydrogen-bond acceptors (Lipinski definition) is 4. The number of fused-ring (bicyclic) bond motifs is 1. The monoisotopic (exact) mass is 343 g/mol. The fourth-order valence-electron chi connectivity index (χ4n) is 3.07. The van der Waals surface area contributed by atoms with Crippen molar-refractivity contribution in [1.82, 2.24) is 9.97 Å². The Kier molecular flexibility index (Phi) is 4.03. The summed E-state index contributed by atoms with van der Waals surface area (Å²) in [7, 11) is 0. The van der Waals surface area contributed by atoms with Crippen molar-refractivity contribution >= 4 is 22.3 Å². The van der Waals surface area contributed by atoms with Gasteiger partial charge in [0.25, 0.3) is 0 Å². The molecule has 1 aliphatic heterocycles. The summed E-state index contributed by atoms with van der Waals surface area (Å²) in [5, 5.41) is 0.993. The molecule has 0 bridgehead atoms. The number of aliphatic imine (C=N–C) groups is 1. The van der Waals surface area contributed by atoms with E-state index in [0.717, 1.165) is 45.9 Å². The summed E-state index contributed by atoms with van der Waals surface area (Å²) >= 11 is 0. The minimum atomic E-state index is -0.0591. The zero-order valence-corrected chi connectivity index (χ0v) is 15.2. The van der Waals surface area contributed by atoms with Gasteiger partial charge in [0.15, 0.2) is 0 Å². The molecule has 3 heterocycles. The quantitative estimate of drug-likeness (QED) is 0.651. The molecule has 1 aliphatic rings. The lowest BCUT2D eigenvalue weighted by molar-refractivity contribution is 0.353. The number of allylic oxidation sites excluding steroid dienone is 1. The largest absolute Gasteiger partial charge is 0.459 e. The van der Waals surface area contributed by atoms with Crippen LogP contribution in [-0.2, 0) is 0 Å². The summed E-state index contributed by atoms with van der Waals surface area (Å²) in [6.07, 6.45) is 4.33. The summed E-state index contributed by atoms with van der Waals surface area (Å²) in [6, 6.07) is 15.8. The second kappa shape index (κ2) is 6.37. The highest BCUT2D eigenvalue weighted by Crippen LogP contribution is 2.39. The molecular formula is C22H21N3O. The Labute approximate surface area is 153 Å². The van der Waals surface area contributed by atoms with Crippen molar-refractivity contribution in [3.05, 3.63) is 72.4 Å². The van der Waals surface area contributed by atoms with E-state index in [0.29, 0.717) is 0 Å². The first-order chi connectivity index (χ1) is 12.5. The molecule has 130 valence electrons. The van der Waals surface area contributed by atoms with Crippen LogP contribution < -0.4 is 4.74 Å². The Balaban J connectivity index is 1.85. The third-order valence-electron chi connectivity index (χ3n) is 4.88. The lowest BCUT2D eigenvalue weighted by Crippen LogP contribution is -2.27. The second-order valence-corrected chi connectivity index (χ2v) is 7.17. The Morgan fingerprint density at radius 1 is 0.923 bits per heavy atom. The molecule has 0 spiro atoms. The van der Waals surface area contributed by atoms with Gasteiger partial charge in [0, 0.05) is 35.3 Å². The number of pyridine rings is 2. The van der Waals surface area contributed by atoms with Crippen molar-refractivity contribution in [3.8, 4) is 5.75 Å². The van der Waals surface area contributed by atoms with Crippen LogP contribution in [0.15, 0.2) is 71.7 Å². The van der Waals surface area contributed by atoms with Crippen LogP contribution >= 0.6 is 0 Å². The maximum Gasteiger partial charge on any atom is 0.137 e. The highest BCUT2D eigenvalue weighted by atomic mass is 16.5. The topological polar surface area (TPSA) is 47.4 Å². The van der Waals surface area contributed by atoms with Gasteiger partial charge < -0.3 is 4.74 Å². The maximum absolute atomic E-state index is 6.41. The van der Waals surface area contributed by atoms with Gasteiger partial charge >= 0.3 is 0 Å². The number of nitrogens with zero attached hydrogens (tertiary/aromatic N) is 3. The van der Waals surface area contributed by atoms with Gasteiger partial charge in [-0.1, -0.05) is 32.0 Å². The summed E-state index contributed by atoms with van der Waals surface area (Å²) in [5.74, 6) is 1.64. The van der Waals surface area contributed by atoms with Crippen LogP contribution in [0.25, 0.3) is 16.6 Å². The van der Waals surface area contributed by atoms with Crippen LogP contribution in [0.1, 0.15) is 32.9 Å². The molecule has 0 atom stereocenters. The SMILES string of the molecule is CC1=NC(c2ccccn2)=C(Oc2ccnc3ccccc23)CC1(C)C. The van der Waals surface area contributed by atoms with Crippen molar-refractivity contribution < 1.29 is 4.74 Å². The van der Waals surface area contributed by atoms with E-state index in [4.69, 9.17) is 9.73 Å². The predicted octanol–water partition coefficient (Wildman–Crippen LogP) is 5.27. The van der Waals surface area contributed by atoms with E-state index in [1.54, 1.807) is 12.4 Å². The first kappa shape index (κ1) is 16.5. The van der Waals surface area contributed by atoms with Crippen molar-refractivity contribution in [2.45, 2.75) is 27.2 Å². The molecule has 0 radical (unpaired) electrons. The van der Waals surface area contributed by atoms with E-state index in [1.807, 2.05) is 48.5 Å². The first-order valence-electron chi connectivity index (χ1n) is 8.76. The van der Waals surface area contributed by atoms with Gasteiger partial charge in [-0.05, 0) is 37.3 Å². The molecule has 1 aromatic carbocycles. The predicted molar refractivity (Wildman–Crippen MR) is 105 cm³/mol. The number of hydrogen-bond donors (Lipinski definition) is 0. The van der Waals surface area contributed by atoms with Crippen LogP contribution in [0.2, 0.25) is 0 Å². The molecule has 0 fully saturated rings. The minimum absolute atomic E-state index is 0.0591. The van der Waals surface area contributed by atoms with E-state index >= 15 is 0 Å². The highest BCUT2D eigenvalue weighted by molar-refractivity contribution is 5.94. The summed E-state index contributed by atoms with van der Waals surface area (Å²) < 4.78 is 6.41. The normalized spacial score (nSPS) is 16.5. The molecule has 0 N–H and O–H groups in total. The molecule has 0 saturated carbocycles. The molecule has 0 unspecified atom stereocenters. The van der Waals surface area contributed by atoms with Crippen LogP contribution in [0.4, 0.5) is 0 Å². The van der Waals surface area contributed by atoms with Crippen LogP contribution in [-0.4, -0.2) is 15.7 Å². The van der Waals surface area contributed by atoms with E-state index in [9.17, 15) is 0 Å². The van der Waals surface area contributed by atoms with Gasteiger partial charge in [0.05, 0.1) is 11.2 Å². The zero-order valence-electron chi connectivity index (χ0n) is 15.2. The third kappa shape index (κ3) is 2.99. The van der Waals surface area contributed by atoms with E-state index in [2.05, 4.69) is 30.7 Å². The summed E-state index contributed by atoms with van der Waals surface area (Å²) in [4.78, 5) is 13.8. The number of benzene rings is 1. The lowest BCUT2D eigenvalue weighted by atomic mass is 9.81. The number of ether oxygens (including phenoxy) is 1. The van der Waals surface area contributed by atoms with Gasteiger partial charge in [0.1, 0.15) is 17.2 Å². The smallest absolute Gasteiger partial charge is 0.137 e. The molecule has 4 rings (SSSR count). The van der Waals surface area contributed by atoms with E-state index in [1.165, 1.54) is 0 Å². The standard InChI is InChI=1S/C22H21N3O/c1-15-22(2,3)14-20(21(25-15)18-10-6-7-12-23-18)26-19-11-13-24-17-9-5-4-8-16(17)19/h4-13H,14H2,1-3H3. The fourth-order valence-corrected chi connectivity index (χ4v) is 3.07. The van der Waals surface area contributed by atoms with Gasteiger partial charge in [0.2, 0.25) is 0 Å². The van der Waals surface area contributed by atoms with Crippen molar-refractivity contribution in [1.29, 1.82) is 0 Å². The van der Waals surface area contributed by atoms with Crippen LogP contribution in [0.5, 0.6) is 5.75 Å². The van der Waals surface area contributed by atoms with E-state index < -0.39 is 0 Å². The molecule has 4 nitrogen and oxygen atoms in total. The molecule has 0 saturated heterocycles. The molecule has 4 heteroatoms. The Bertz CT molecular complexity index is 1010. The summed E-state index contributed by atoms with van der Waals surface area (Å²) in [6.45, 7) is 6.45. The maximum atomic E-state index is 6.41. The van der Waals surface area contributed by atoms with Crippen LogP contribution in [0, 0.1) is 5.41 Å². The fraction of sp³-hybridized carbons (Fsp3) is 0.227. The molecule has 0 amide bonds. The van der Waals surface area contributed by atoms with Crippen molar-refractivity contribution in [3.63, 3.8) is 0 Å². The zero-order chi connectivity index (χ0) is 18.1. The second-order valence-electron chi connectivity index (χ2n) is 7.17. The van der Waals surface area contributed by atoms with Crippen molar-refractivity contribution in [2.75, 3.05) is 0 Å². The Morgan fingerprint density at radius 2 is 1.73 bits per heavy atom.